The van der Waals surface area contributed by atoms with E-state index in [9.17, 15) is 4.79 Å². The number of amides is 1. The zero-order chi connectivity index (χ0) is 8.85. The summed E-state index contributed by atoms with van der Waals surface area (Å²) in [6, 6.07) is 0.368. The van der Waals surface area contributed by atoms with Gasteiger partial charge in [-0.1, -0.05) is 20.3 Å². The van der Waals surface area contributed by atoms with E-state index in [4.69, 9.17) is 5.73 Å². The Morgan fingerprint density at radius 3 is 2.45 bits per heavy atom. The molecule has 0 bridgehead atoms. The van der Waals surface area contributed by atoms with Crippen LogP contribution in [0.25, 0.3) is 0 Å². The summed E-state index contributed by atoms with van der Waals surface area (Å²) in [5.41, 5.74) is 4.98. The maximum Gasteiger partial charge on any atom is 0.231 e. The third-order valence-electron chi connectivity index (χ3n) is 2.10. The van der Waals surface area contributed by atoms with Gasteiger partial charge in [0.05, 0.1) is 6.54 Å². The van der Waals surface area contributed by atoms with E-state index in [1.165, 1.54) is 0 Å². The molecule has 0 spiro atoms. The molecule has 0 radical (unpaired) electrons. The summed E-state index contributed by atoms with van der Waals surface area (Å²) in [5.74, 6) is 0.300. The van der Waals surface area contributed by atoms with E-state index < -0.39 is 0 Å². The molecule has 0 heterocycles. The van der Waals surface area contributed by atoms with Gasteiger partial charge in [0.1, 0.15) is 0 Å². The van der Waals surface area contributed by atoms with E-state index in [1.54, 1.807) is 0 Å². The Labute approximate surface area is 68.3 Å². The van der Waals surface area contributed by atoms with Gasteiger partial charge in [0.15, 0.2) is 0 Å². The average Bonchev–Trinajstić information content (AvgIpc) is 1.98. The normalized spacial score (nSPS) is 15.9. The molecule has 3 heteroatoms. The van der Waals surface area contributed by atoms with Crippen molar-refractivity contribution in [1.29, 1.82) is 0 Å². The molecule has 1 amide bonds. The van der Waals surface area contributed by atoms with Gasteiger partial charge >= 0.3 is 0 Å². The largest absolute Gasteiger partial charge is 0.369 e. The molecule has 3 nitrogen and oxygen atoms in total. The monoisotopic (exact) mass is 158 g/mol. The Morgan fingerprint density at radius 2 is 2.09 bits per heavy atom. The van der Waals surface area contributed by atoms with E-state index in [0.29, 0.717) is 12.0 Å². The van der Waals surface area contributed by atoms with Crippen LogP contribution in [0.4, 0.5) is 0 Å². The number of carbonyl (C=O) groups is 1. The topological polar surface area (TPSA) is 55.1 Å². The Hall–Kier alpha value is -0.570. The molecule has 0 rings (SSSR count). The van der Waals surface area contributed by atoms with Crippen molar-refractivity contribution in [2.45, 2.75) is 33.2 Å². The van der Waals surface area contributed by atoms with Crippen molar-refractivity contribution in [3.63, 3.8) is 0 Å². The molecule has 0 aromatic rings. The lowest BCUT2D eigenvalue weighted by molar-refractivity contribution is -0.117. The van der Waals surface area contributed by atoms with Crippen LogP contribution in [0, 0.1) is 5.92 Å². The van der Waals surface area contributed by atoms with Crippen LogP contribution in [-0.4, -0.2) is 18.5 Å². The Bertz CT molecular complexity index is 125. The minimum absolute atomic E-state index is 0.283. The van der Waals surface area contributed by atoms with Gasteiger partial charge in [-0.05, 0) is 12.8 Å². The molecular weight excluding hydrogens is 140 g/mol. The molecular formula is C8H18N2O. The molecule has 0 aromatic heterocycles. The van der Waals surface area contributed by atoms with Gasteiger partial charge in [-0.15, -0.1) is 0 Å². The second-order valence-corrected chi connectivity index (χ2v) is 3.02. The van der Waals surface area contributed by atoms with Crippen molar-refractivity contribution in [3.8, 4) is 0 Å². The highest BCUT2D eigenvalue weighted by Gasteiger charge is 2.09. The van der Waals surface area contributed by atoms with Gasteiger partial charge in [0, 0.05) is 6.04 Å². The molecule has 66 valence electrons. The number of carbonyl (C=O) groups excluding carboxylic acids is 1. The molecule has 0 aromatic carbocycles. The molecule has 0 aliphatic heterocycles. The van der Waals surface area contributed by atoms with Crippen molar-refractivity contribution < 1.29 is 4.79 Å². The Morgan fingerprint density at radius 1 is 1.55 bits per heavy atom. The molecule has 0 unspecified atom stereocenters. The van der Waals surface area contributed by atoms with Gasteiger partial charge < -0.3 is 11.1 Å². The number of nitrogens with one attached hydrogen (secondary N) is 1. The zero-order valence-corrected chi connectivity index (χ0v) is 7.55. The summed E-state index contributed by atoms with van der Waals surface area (Å²) >= 11 is 0. The Kier molecular flexibility index (Phi) is 4.86. The maximum absolute atomic E-state index is 10.4. The number of primary amides is 1. The van der Waals surface area contributed by atoms with Crippen molar-refractivity contribution in [2.24, 2.45) is 11.7 Å². The smallest absolute Gasteiger partial charge is 0.231 e. The molecule has 2 atom stereocenters. The van der Waals surface area contributed by atoms with E-state index in [1.807, 2.05) is 0 Å². The molecule has 0 aliphatic rings. The standard InChI is InChI=1S/C8H18N2O/c1-4-6(2)7(3)10-5-8(9)11/h6-7,10H,4-5H2,1-3H3,(H2,9,11)/t6-,7+/m1/s1. The van der Waals surface area contributed by atoms with Gasteiger partial charge in [0.25, 0.3) is 0 Å². The summed E-state index contributed by atoms with van der Waals surface area (Å²) < 4.78 is 0. The molecule has 0 saturated carbocycles. The first-order chi connectivity index (χ1) is 5.07. The van der Waals surface area contributed by atoms with Crippen molar-refractivity contribution in [1.82, 2.24) is 5.32 Å². The highest BCUT2D eigenvalue weighted by molar-refractivity contribution is 5.75. The number of rotatable bonds is 5. The third-order valence-corrected chi connectivity index (χ3v) is 2.10. The predicted molar refractivity (Wildman–Crippen MR) is 46.1 cm³/mol. The van der Waals surface area contributed by atoms with Crippen molar-refractivity contribution in [2.75, 3.05) is 6.54 Å². The fourth-order valence-electron chi connectivity index (χ4n) is 0.816. The summed E-state index contributed by atoms with van der Waals surface area (Å²) in [5, 5.41) is 3.06. The highest BCUT2D eigenvalue weighted by atomic mass is 16.1. The summed E-state index contributed by atoms with van der Waals surface area (Å²) in [6.45, 7) is 6.63. The van der Waals surface area contributed by atoms with Gasteiger partial charge in [-0.3, -0.25) is 4.79 Å². The van der Waals surface area contributed by atoms with E-state index in [2.05, 4.69) is 26.1 Å². The highest BCUT2D eigenvalue weighted by Crippen LogP contribution is 2.05. The first-order valence-electron chi connectivity index (χ1n) is 4.09. The van der Waals surface area contributed by atoms with Crippen LogP contribution in [0.3, 0.4) is 0 Å². The number of nitrogens with two attached hydrogens (primary N) is 1. The quantitative estimate of drug-likeness (QED) is 0.612. The van der Waals surface area contributed by atoms with E-state index >= 15 is 0 Å². The molecule has 3 N–H and O–H groups in total. The third kappa shape index (κ3) is 4.79. The van der Waals surface area contributed by atoms with Gasteiger partial charge in [-0.2, -0.15) is 0 Å². The lowest BCUT2D eigenvalue weighted by atomic mass is 10.0. The molecule has 0 fully saturated rings. The minimum Gasteiger partial charge on any atom is -0.369 e. The SMILES string of the molecule is CC[C@@H](C)[C@H](C)NCC(N)=O. The van der Waals surface area contributed by atoms with Crippen LogP contribution in [0.15, 0.2) is 0 Å². The first kappa shape index (κ1) is 10.4. The Balaban J connectivity index is 3.51. The second kappa shape index (κ2) is 5.13. The second-order valence-electron chi connectivity index (χ2n) is 3.02. The number of hydrogen-bond donors (Lipinski definition) is 2. The maximum atomic E-state index is 10.4. The summed E-state index contributed by atoms with van der Waals surface area (Å²) in [7, 11) is 0. The average molecular weight is 158 g/mol. The van der Waals surface area contributed by atoms with Crippen LogP contribution in [0.2, 0.25) is 0 Å². The number of hydrogen-bond acceptors (Lipinski definition) is 2. The van der Waals surface area contributed by atoms with Gasteiger partial charge in [0.2, 0.25) is 5.91 Å². The van der Waals surface area contributed by atoms with Crippen LogP contribution in [-0.2, 0) is 4.79 Å². The summed E-state index contributed by atoms with van der Waals surface area (Å²) in [4.78, 5) is 10.4. The van der Waals surface area contributed by atoms with Crippen molar-refractivity contribution >= 4 is 5.91 Å². The van der Waals surface area contributed by atoms with Gasteiger partial charge in [-0.25, -0.2) is 0 Å². The van der Waals surface area contributed by atoms with E-state index in [0.717, 1.165) is 6.42 Å². The summed E-state index contributed by atoms with van der Waals surface area (Å²) in [6.07, 6.45) is 1.12. The lowest BCUT2D eigenvalue weighted by Gasteiger charge is -2.18. The van der Waals surface area contributed by atoms with Crippen molar-refractivity contribution in [3.05, 3.63) is 0 Å². The fraction of sp³-hybridized carbons (Fsp3) is 0.875. The predicted octanol–water partition coefficient (Wildman–Crippen LogP) is 0.496. The van der Waals surface area contributed by atoms with Crippen LogP contribution in [0.1, 0.15) is 27.2 Å². The van der Waals surface area contributed by atoms with Crippen LogP contribution in [0.5, 0.6) is 0 Å². The molecule has 0 aliphatic carbocycles. The fourth-order valence-corrected chi connectivity index (χ4v) is 0.816. The molecule has 0 saturated heterocycles. The van der Waals surface area contributed by atoms with Crippen LogP contribution < -0.4 is 11.1 Å². The zero-order valence-electron chi connectivity index (χ0n) is 7.55. The van der Waals surface area contributed by atoms with E-state index in [-0.39, 0.29) is 12.5 Å². The molecule has 11 heavy (non-hydrogen) atoms. The van der Waals surface area contributed by atoms with Crippen LogP contribution >= 0.6 is 0 Å². The lowest BCUT2D eigenvalue weighted by Crippen LogP contribution is -2.38. The first-order valence-corrected chi connectivity index (χ1v) is 4.09. The minimum atomic E-state index is -0.292.